The van der Waals surface area contributed by atoms with Crippen molar-refractivity contribution in [3.63, 3.8) is 0 Å². The van der Waals surface area contributed by atoms with E-state index in [9.17, 15) is 13.2 Å². The largest absolute Gasteiger partial charge is 0.487 e. The van der Waals surface area contributed by atoms with Gasteiger partial charge in [0.1, 0.15) is 11.4 Å². The number of benzene rings is 2. The van der Waals surface area contributed by atoms with E-state index in [1.165, 1.54) is 16.4 Å². The highest BCUT2D eigenvalue weighted by atomic mass is 35.5. The van der Waals surface area contributed by atoms with E-state index in [-0.39, 0.29) is 23.4 Å². The van der Waals surface area contributed by atoms with E-state index in [2.05, 4.69) is 5.32 Å². The van der Waals surface area contributed by atoms with Gasteiger partial charge in [-0.25, -0.2) is 8.42 Å². The van der Waals surface area contributed by atoms with Gasteiger partial charge in [0, 0.05) is 30.1 Å². The minimum Gasteiger partial charge on any atom is -0.487 e. The maximum absolute atomic E-state index is 13.1. The van der Waals surface area contributed by atoms with Crippen molar-refractivity contribution in [3.8, 4) is 5.75 Å². The molecule has 1 N–H and O–H groups in total. The molecule has 1 fully saturated rings. The van der Waals surface area contributed by atoms with E-state index >= 15 is 0 Å². The first kappa shape index (κ1) is 22.1. The lowest BCUT2D eigenvalue weighted by Crippen LogP contribution is -2.47. The molecule has 6 nitrogen and oxygen atoms in total. The number of halogens is 1. The number of piperidine rings is 1. The first-order chi connectivity index (χ1) is 14.7. The van der Waals surface area contributed by atoms with Crippen LogP contribution in [0.1, 0.15) is 44.7 Å². The molecule has 2 aromatic carbocycles. The zero-order valence-electron chi connectivity index (χ0n) is 17.7. The summed E-state index contributed by atoms with van der Waals surface area (Å²) in [6.07, 6.45) is 1.95. The van der Waals surface area contributed by atoms with Crippen molar-refractivity contribution in [3.05, 3.63) is 59.1 Å². The molecule has 2 aromatic rings. The van der Waals surface area contributed by atoms with Gasteiger partial charge in [0.15, 0.2) is 0 Å². The first-order valence-electron chi connectivity index (χ1n) is 10.5. The predicted molar refractivity (Wildman–Crippen MR) is 120 cm³/mol. The standard InChI is InChI=1S/C23H27ClN2O4S/c1-23(2)14-20(19-7-3-4-8-21(19)30-23)25-22(27)16-6-5-13-26(15-16)31(28,29)18-11-9-17(24)10-12-18/h3-4,7-12,16,20H,5-6,13-15H2,1-2H3,(H,25,27). The summed E-state index contributed by atoms with van der Waals surface area (Å²) in [5.74, 6) is 0.266. The van der Waals surface area contributed by atoms with Crippen LogP contribution in [-0.2, 0) is 14.8 Å². The lowest BCUT2D eigenvalue weighted by molar-refractivity contribution is -0.127. The second-order valence-corrected chi connectivity index (χ2v) is 11.2. The van der Waals surface area contributed by atoms with Crippen LogP contribution in [0.5, 0.6) is 5.75 Å². The second kappa shape index (κ2) is 8.45. The van der Waals surface area contributed by atoms with E-state index in [4.69, 9.17) is 16.3 Å². The molecule has 2 aliphatic heterocycles. The smallest absolute Gasteiger partial charge is 0.243 e. The summed E-state index contributed by atoms with van der Waals surface area (Å²) in [4.78, 5) is 13.3. The highest BCUT2D eigenvalue weighted by molar-refractivity contribution is 7.89. The average Bonchev–Trinajstić information content (AvgIpc) is 2.73. The summed E-state index contributed by atoms with van der Waals surface area (Å²) in [6.45, 7) is 4.58. The fraction of sp³-hybridized carbons (Fsp3) is 0.435. The Kier molecular flexibility index (Phi) is 6.03. The van der Waals surface area contributed by atoms with Gasteiger partial charge in [0.05, 0.1) is 16.9 Å². The number of nitrogens with one attached hydrogen (secondary N) is 1. The first-order valence-corrected chi connectivity index (χ1v) is 12.3. The van der Waals surface area contributed by atoms with Crippen molar-refractivity contribution in [2.24, 2.45) is 5.92 Å². The molecule has 0 radical (unpaired) electrons. The fourth-order valence-electron chi connectivity index (χ4n) is 4.35. The van der Waals surface area contributed by atoms with Gasteiger partial charge in [-0.1, -0.05) is 29.8 Å². The Balaban J connectivity index is 1.49. The number of sulfonamides is 1. The fourth-order valence-corrected chi connectivity index (χ4v) is 6.00. The Morgan fingerprint density at radius 2 is 1.87 bits per heavy atom. The number of rotatable bonds is 4. The van der Waals surface area contributed by atoms with Gasteiger partial charge in [-0.05, 0) is 57.0 Å². The Bertz CT molecular complexity index is 1070. The lowest BCUT2D eigenvalue weighted by Gasteiger charge is -2.39. The zero-order valence-corrected chi connectivity index (χ0v) is 19.2. The van der Waals surface area contributed by atoms with Crippen molar-refractivity contribution in [1.82, 2.24) is 9.62 Å². The molecule has 31 heavy (non-hydrogen) atoms. The molecule has 8 heteroatoms. The maximum atomic E-state index is 13.1. The zero-order chi connectivity index (χ0) is 22.2. The third-order valence-corrected chi connectivity index (χ3v) is 8.03. The van der Waals surface area contributed by atoms with Crippen molar-refractivity contribution in [2.45, 2.75) is 49.6 Å². The molecule has 1 amide bonds. The van der Waals surface area contributed by atoms with Crippen LogP contribution in [0.3, 0.4) is 0 Å². The predicted octanol–water partition coefficient (Wildman–Crippen LogP) is 4.16. The van der Waals surface area contributed by atoms with Crippen molar-refractivity contribution in [2.75, 3.05) is 13.1 Å². The number of carbonyl (C=O) groups is 1. The molecule has 2 heterocycles. The van der Waals surface area contributed by atoms with Gasteiger partial charge in [0.25, 0.3) is 0 Å². The van der Waals surface area contributed by atoms with Gasteiger partial charge >= 0.3 is 0 Å². The Labute approximate surface area is 188 Å². The molecule has 0 saturated carbocycles. The van der Waals surface area contributed by atoms with Gasteiger partial charge in [-0.3, -0.25) is 4.79 Å². The minimum absolute atomic E-state index is 0.117. The van der Waals surface area contributed by atoms with Crippen LogP contribution in [0, 0.1) is 5.92 Å². The number of nitrogens with zero attached hydrogens (tertiary/aromatic N) is 1. The summed E-state index contributed by atoms with van der Waals surface area (Å²) in [5, 5.41) is 3.64. The molecular formula is C23H27ClN2O4S. The third-order valence-electron chi connectivity index (χ3n) is 5.90. The lowest BCUT2D eigenvalue weighted by atomic mass is 9.89. The molecule has 0 spiro atoms. The van der Waals surface area contributed by atoms with Crippen molar-refractivity contribution >= 4 is 27.5 Å². The molecule has 0 bridgehead atoms. The molecule has 166 valence electrons. The monoisotopic (exact) mass is 462 g/mol. The van der Waals surface area contributed by atoms with Crippen LogP contribution in [0.15, 0.2) is 53.4 Å². The van der Waals surface area contributed by atoms with E-state index < -0.39 is 21.5 Å². The van der Waals surface area contributed by atoms with Crippen LogP contribution in [-0.4, -0.2) is 37.3 Å². The number of hydrogen-bond donors (Lipinski definition) is 1. The minimum atomic E-state index is -3.67. The van der Waals surface area contributed by atoms with E-state index in [1.807, 2.05) is 38.1 Å². The summed E-state index contributed by atoms with van der Waals surface area (Å²) in [7, 11) is -3.67. The number of ether oxygens (including phenoxy) is 1. The van der Waals surface area contributed by atoms with Gasteiger partial charge in [-0.2, -0.15) is 4.31 Å². The molecule has 2 unspecified atom stereocenters. The molecule has 0 aromatic heterocycles. The topological polar surface area (TPSA) is 75.7 Å². The van der Waals surface area contributed by atoms with Crippen molar-refractivity contribution in [1.29, 1.82) is 0 Å². The Morgan fingerprint density at radius 3 is 2.61 bits per heavy atom. The number of hydrogen-bond acceptors (Lipinski definition) is 4. The summed E-state index contributed by atoms with van der Waals surface area (Å²) in [5.41, 5.74) is 0.555. The van der Waals surface area contributed by atoms with Gasteiger partial charge < -0.3 is 10.1 Å². The summed E-state index contributed by atoms with van der Waals surface area (Å²) in [6, 6.07) is 13.7. The highest BCUT2D eigenvalue weighted by Crippen LogP contribution is 2.39. The Hall–Kier alpha value is -2.09. The molecule has 0 aliphatic carbocycles. The van der Waals surface area contributed by atoms with Crippen LogP contribution in [0.25, 0.3) is 0 Å². The SMILES string of the molecule is CC1(C)CC(NC(=O)C2CCCN(S(=O)(=O)c3ccc(Cl)cc3)C2)c2ccccc2O1. The number of amides is 1. The molecule has 2 atom stereocenters. The van der Waals surface area contributed by atoms with Gasteiger partial charge in [-0.15, -0.1) is 0 Å². The molecular weight excluding hydrogens is 436 g/mol. The summed E-state index contributed by atoms with van der Waals surface area (Å²) < 4.78 is 33.5. The third kappa shape index (κ3) is 4.73. The van der Waals surface area contributed by atoms with Gasteiger partial charge in [0.2, 0.25) is 15.9 Å². The normalized spacial score (nSPS) is 23.5. The number of fused-ring (bicyclic) bond motifs is 1. The highest BCUT2D eigenvalue weighted by Gasteiger charge is 2.37. The van der Waals surface area contributed by atoms with Crippen molar-refractivity contribution < 1.29 is 17.9 Å². The van der Waals surface area contributed by atoms with E-state index in [0.29, 0.717) is 30.8 Å². The molecule has 1 saturated heterocycles. The van der Waals surface area contributed by atoms with E-state index in [1.54, 1.807) is 12.1 Å². The number of para-hydroxylation sites is 1. The summed E-state index contributed by atoms with van der Waals surface area (Å²) >= 11 is 5.89. The van der Waals surface area contributed by atoms with E-state index in [0.717, 1.165) is 11.3 Å². The van der Waals surface area contributed by atoms with Crippen LogP contribution < -0.4 is 10.1 Å². The average molecular weight is 463 g/mol. The van der Waals surface area contributed by atoms with Crippen LogP contribution in [0.2, 0.25) is 5.02 Å². The maximum Gasteiger partial charge on any atom is 0.243 e. The second-order valence-electron chi connectivity index (χ2n) is 8.82. The number of carbonyl (C=O) groups excluding carboxylic acids is 1. The Morgan fingerprint density at radius 1 is 1.16 bits per heavy atom. The van der Waals surface area contributed by atoms with Crippen LogP contribution >= 0.6 is 11.6 Å². The molecule has 2 aliphatic rings. The quantitative estimate of drug-likeness (QED) is 0.740. The van der Waals surface area contributed by atoms with Crippen LogP contribution in [0.4, 0.5) is 0 Å². The molecule has 4 rings (SSSR count).